The molecule has 31 heavy (non-hydrogen) atoms. The van der Waals surface area contributed by atoms with E-state index in [1.54, 1.807) is 36.4 Å². The Morgan fingerprint density at radius 3 is 2.32 bits per heavy atom. The highest BCUT2D eigenvalue weighted by Crippen LogP contribution is 2.32. The van der Waals surface area contributed by atoms with Gasteiger partial charge in [-0.25, -0.2) is 4.79 Å². The van der Waals surface area contributed by atoms with Gasteiger partial charge in [-0.3, -0.25) is 4.79 Å². The molecule has 0 aliphatic heterocycles. The van der Waals surface area contributed by atoms with Crippen molar-refractivity contribution in [1.29, 1.82) is 0 Å². The number of alkyl halides is 3. The van der Waals surface area contributed by atoms with Crippen LogP contribution in [-0.4, -0.2) is 18.5 Å². The molecule has 0 bridgehead atoms. The van der Waals surface area contributed by atoms with Gasteiger partial charge in [-0.15, -0.1) is 0 Å². The number of hydrogen-bond acceptors (Lipinski definition) is 3. The van der Waals surface area contributed by atoms with E-state index in [-0.39, 0.29) is 5.56 Å². The molecule has 0 aromatic heterocycles. The van der Waals surface area contributed by atoms with Crippen LogP contribution in [0.25, 0.3) is 11.1 Å². The molecule has 3 aromatic rings. The summed E-state index contributed by atoms with van der Waals surface area (Å²) in [7, 11) is 0. The van der Waals surface area contributed by atoms with Crippen molar-refractivity contribution in [1.82, 2.24) is 0 Å². The number of nitrogens with one attached hydrogen (secondary N) is 1. The van der Waals surface area contributed by atoms with E-state index in [1.165, 1.54) is 18.2 Å². The fourth-order valence-electron chi connectivity index (χ4n) is 2.83. The van der Waals surface area contributed by atoms with E-state index in [2.05, 4.69) is 5.32 Å². The van der Waals surface area contributed by atoms with Crippen molar-refractivity contribution >= 4 is 29.2 Å². The Kier molecular flexibility index (Phi) is 6.65. The molecule has 0 aliphatic carbocycles. The molecule has 0 heterocycles. The molecule has 160 valence electrons. The second kappa shape index (κ2) is 9.22. The summed E-state index contributed by atoms with van der Waals surface area (Å²) in [6, 6.07) is 15.7. The number of halogens is 4. The molecule has 4 nitrogen and oxygen atoms in total. The molecular weight excluding hydrogens is 431 g/mol. The molecule has 1 amide bonds. The summed E-state index contributed by atoms with van der Waals surface area (Å²) >= 11 is 6.02. The van der Waals surface area contributed by atoms with Gasteiger partial charge >= 0.3 is 12.1 Å². The lowest BCUT2D eigenvalue weighted by atomic mass is 9.98. The average Bonchev–Trinajstić information content (AvgIpc) is 2.74. The van der Waals surface area contributed by atoms with Crippen molar-refractivity contribution in [2.75, 3.05) is 11.9 Å². The predicted molar refractivity (Wildman–Crippen MR) is 112 cm³/mol. The lowest BCUT2D eigenvalue weighted by Gasteiger charge is -2.12. The molecule has 0 saturated heterocycles. The Morgan fingerprint density at radius 1 is 1.00 bits per heavy atom. The molecule has 1 N–H and O–H groups in total. The van der Waals surface area contributed by atoms with Crippen LogP contribution < -0.4 is 5.32 Å². The standard InChI is InChI=1S/C23H17ClF3NO3/c1-14-6-11-17(12-20(14)24)28-21(29)13-31-22(30)19-5-3-2-4-18(19)15-7-9-16(10-8-15)23(25,26)27/h2-12H,13H2,1H3,(H,28,29). The van der Waals surface area contributed by atoms with Crippen LogP contribution in [0.3, 0.4) is 0 Å². The summed E-state index contributed by atoms with van der Waals surface area (Å²) in [5.41, 5.74) is 1.47. The highest BCUT2D eigenvalue weighted by atomic mass is 35.5. The molecular formula is C23H17ClF3NO3. The highest BCUT2D eigenvalue weighted by Gasteiger charge is 2.30. The summed E-state index contributed by atoms with van der Waals surface area (Å²) in [6.45, 7) is 1.29. The molecule has 0 radical (unpaired) electrons. The van der Waals surface area contributed by atoms with Gasteiger partial charge in [0.1, 0.15) is 0 Å². The minimum absolute atomic E-state index is 0.133. The van der Waals surface area contributed by atoms with E-state index in [0.717, 1.165) is 17.7 Å². The zero-order chi connectivity index (χ0) is 22.6. The monoisotopic (exact) mass is 447 g/mol. The average molecular weight is 448 g/mol. The van der Waals surface area contributed by atoms with E-state index in [0.29, 0.717) is 21.8 Å². The number of benzene rings is 3. The molecule has 0 atom stereocenters. The van der Waals surface area contributed by atoms with Gasteiger partial charge in [0.25, 0.3) is 5.91 Å². The molecule has 0 unspecified atom stereocenters. The van der Waals surface area contributed by atoms with Gasteiger partial charge in [0.15, 0.2) is 6.61 Å². The van der Waals surface area contributed by atoms with Gasteiger partial charge in [-0.1, -0.05) is 48.0 Å². The number of aryl methyl sites for hydroxylation is 1. The van der Waals surface area contributed by atoms with Crippen molar-refractivity contribution in [3.05, 3.63) is 88.4 Å². The minimum Gasteiger partial charge on any atom is -0.452 e. The Labute approximate surface area is 181 Å². The number of hydrogen-bond donors (Lipinski definition) is 1. The lowest BCUT2D eigenvalue weighted by Crippen LogP contribution is -2.21. The number of ether oxygens (including phenoxy) is 1. The van der Waals surface area contributed by atoms with Crippen molar-refractivity contribution in [3.63, 3.8) is 0 Å². The van der Waals surface area contributed by atoms with Gasteiger partial charge < -0.3 is 10.1 Å². The van der Waals surface area contributed by atoms with Crippen LogP contribution in [0.15, 0.2) is 66.7 Å². The second-order valence-corrected chi connectivity index (χ2v) is 7.12. The van der Waals surface area contributed by atoms with E-state index in [4.69, 9.17) is 16.3 Å². The summed E-state index contributed by atoms with van der Waals surface area (Å²) < 4.78 is 43.4. The largest absolute Gasteiger partial charge is 0.452 e. The van der Waals surface area contributed by atoms with E-state index in [1.807, 2.05) is 6.92 Å². The van der Waals surface area contributed by atoms with Crippen LogP contribution >= 0.6 is 11.6 Å². The first-order valence-electron chi connectivity index (χ1n) is 9.15. The molecule has 3 rings (SSSR count). The van der Waals surface area contributed by atoms with Gasteiger partial charge in [-0.2, -0.15) is 13.2 Å². The summed E-state index contributed by atoms with van der Waals surface area (Å²) in [5.74, 6) is -1.33. The number of amides is 1. The first-order chi connectivity index (χ1) is 14.6. The minimum atomic E-state index is -4.45. The topological polar surface area (TPSA) is 55.4 Å². The SMILES string of the molecule is Cc1ccc(NC(=O)COC(=O)c2ccccc2-c2ccc(C(F)(F)F)cc2)cc1Cl. The van der Waals surface area contributed by atoms with Crippen LogP contribution in [0, 0.1) is 6.92 Å². The smallest absolute Gasteiger partial charge is 0.416 e. The Hall–Kier alpha value is -3.32. The van der Waals surface area contributed by atoms with Gasteiger partial charge in [0.2, 0.25) is 0 Å². The number of carbonyl (C=O) groups excluding carboxylic acids is 2. The third-order valence-electron chi connectivity index (χ3n) is 4.46. The number of anilines is 1. The van der Waals surface area contributed by atoms with Crippen LogP contribution in [0.4, 0.5) is 18.9 Å². The van der Waals surface area contributed by atoms with Gasteiger partial charge in [0, 0.05) is 10.7 Å². The highest BCUT2D eigenvalue weighted by molar-refractivity contribution is 6.31. The van der Waals surface area contributed by atoms with Crippen LogP contribution in [-0.2, 0) is 15.7 Å². The fourth-order valence-corrected chi connectivity index (χ4v) is 3.01. The quantitative estimate of drug-likeness (QED) is 0.479. The Bertz CT molecular complexity index is 1110. The van der Waals surface area contributed by atoms with Crippen LogP contribution in [0.5, 0.6) is 0 Å². The van der Waals surface area contributed by atoms with Crippen molar-refractivity contribution < 1.29 is 27.5 Å². The molecule has 8 heteroatoms. The summed E-state index contributed by atoms with van der Waals surface area (Å²) in [5, 5.41) is 3.06. The van der Waals surface area contributed by atoms with Crippen molar-refractivity contribution in [2.45, 2.75) is 13.1 Å². The normalized spacial score (nSPS) is 11.1. The molecule has 3 aromatic carbocycles. The van der Waals surface area contributed by atoms with Gasteiger partial charge in [-0.05, 0) is 53.9 Å². The van der Waals surface area contributed by atoms with Crippen LogP contribution in [0.2, 0.25) is 5.02 Å². The Morgan fingerprint density at radius 2 is 1.68 bits per heavy atom. The van der Waals surface area contributed by atoms with Crippen molar-refractivity contribution in [2.24, 2.45) is 0 Å². The maximum absolute atomic E-state index is 12.8. The van der Waals surface area contributed by atoms with Crippen LogP contribution in [0.1, 0.15) is 21.5 Å². The van der Waals surface area contributed by atoms with E-state index in [9.17, 15) is 22.8 Å². The third kappa shape index (κ3) is 5.64. The zero-order valence-corrected chi connectivity index (χ0v) is 17.1. The maximum Gasteiger partial charge on any atom is 0.416 e. The number of esters is 1. The molecule has 0 spiro atoms. The van der Waals surface area contributed by atoms with E-state index >= 15 is 0 Å². The Balaban J connectivity index is 1.70. The molecule has 0 aliphatic rings. The first kappa shape index (κ1) is 22.4. The molecule has 0 saturated carbocycles. The molecule has 0 fully saturated rings. The fraction of sp³-hybridized carbons (Fsp3) is 0.130. The maximum atomic E-state index is 12.8. The lowest BCUT2D eigenvalue weighted by molar-refractivity contribution is -0.137. The summed E-state index contributed by atoms with van der Waals surface area (Å²) in [6.07, 6.45) is -4.45. The summed E-state index contributed by atoms with van der Waals surface area (Å²) in [4.78, 5) is 24.6. The third-order valence-corrected chi connectivity index (χ3v) is 4.87. The van der Waals surface area contributed by atoms with Crippen molar-refractivity contribution in [3.8, 4) is 11.1 Å². The number of rotatable bonds is 5. The first-order valence-corrected chi connectivity index (χ1v) is 9.53. The van der Waals surface area contributed by atoms with E-state index < -0.39 is 30.2 Å². The second-order valence-electron chi connectivity index (χ2n) is 6.71. The zero-order valence-electron chi connectivity index (χ0n) is 16.3. The van der Waals surface area contributed by atoms with Gasteiger partial charge in [0.05, 0.1) is 11.1 Å². The number of carbonyl (C=O) groups is 2. The predicted octanol–water partition coefficient (Wildman–Crippen LogP) is 6.13.